The Morgan fingerprint density at radius 1 is 1.31 bits per heavy atom. The number of urea groups is 1. The molecule has 3 amide bonds. The molecule has 2 aromatic rings. The lowest BCUT2D eigenvalue weighted by Gasteiger charge is -2.39. The number of piperidine rings is 1. The molecular weight excluding hydrogens is 468 g/mol. The van der Waals surface area contributed by atoms with Crippen LogP contribution in [0.25, 0.3) is 0 Å². The number of anilines is 1. The summed E-state index contributed by atoms with van der Waals surface area (Å²) in [5, 5.41) is 6.72. The van der Waals surface area contributed by atoms with Crippen LogP contribution in [0.15, 0.2) is 24.4 Å². The number of likely N-dealkylation sites (N-methyl/N-ethyl adjacent to an activating group) is 1. The molecule has 10 nitrogen and oxygen atoms in total. The Bertz CT molecular complexity index is 991. The molecule has 1 aliphatic heterocycles. The van der Waals surface area contributed by atoms with Gasteiger partial charge in [-0.05, 0) is 63.8 Å². The number of methoxy groups -OCH3 is 1. The van der Waals surface area contributed by atoms with Crippen LogP contribution in [0.1, 0.15) is 44.5 Å². The minimum atomic E-state index is -0.529. The average molecular weight is 505 g/mol. The summed E-state index contributed by atoms with van der Waals surface area (Å²) in [6.07, 6.45) is 2.11. The summed E-state index contributed by atoms with van der Waals surface area (Å²) in [5.41, 5.74) is 1.23. The third-order valence-electron chi connectivity index (χ3n) is 5.71. The first-order valence-corrected chi connectivity index (χ1v) is 12.5. The summed E-state index contributed by atoms with van der Waals surface area (Å²) in [7, 11) is 3.35. The largest absolute Gasteiger partial charge is 0.495 e. The molecular formula is C24H36N6O4S. The number of nitrogens with one attached hydrogen (secondary N) is 2. The van der Waals surface area contributed by atoms with Gasteiger partial charge in [0.1, 0.15) is 16.4 Å². The van der Waals surface area contributed by atoms with E-state index >= 15 is 0 Å². The second-order valence-electron chi connectivity index (χ2n) is 9.76. The van der Waals surface area contributed by atoms with Crippen molar-refractivity contribution < 1.29 is 19.1 Å². The number of amides is 3. The number of likely N-dealkylation sites (tertiary alicyclic amines) is 1. The van der Waals surface area contributed by atoms with Crippen LogP contribution in [0.2, 0.25) is 0 Å². The summed E-state index contributed by atoms with van der Waals surface area (Å²) < 4.78 is 14.9. The maximum absolute atomic E-state index is 12.7. The molecule has 1 aliphatic rings. The van der Waals surface area contributed by atoms with E-state index in [0.29, 0.717) is 30.4 Å². The maximum Gasteiger partial charge on any atom is 0.410 e. The number of rotatable bonds is 7. The molecule has 1 fully saturated rings. The summed E-state index contributed by atoms with van der Waals surface area (Å²) in [4.78, 5) is 33.5. The third-order valence-corrected chi connectivity index (χ3v) is 6.51. The highest BCUT2D eigenvalue weighted by atomic mass is 32.1. The van der Waals surface area contributed by atoms with Crippen LogP contribution in [-0.4, -0.2) is 83.3 Å². The zero-order valence-corrected chi connectivity index (χ0v) is 22.1. The topological polar surface area (TPSA) is 109 Å². The van der Waals surface area contributed by atoms with Gasteiger partial charge in [-0.2, -0.15) is 4.37 Å². The van der Waals surface area contributed by atoms with Gasteiger partial charge in [-0.25, -0.2) is 9.59 Å². The predicted octanol–water partition coefficient (Wildman–Crippen LogP) is 3.70. The third kappa shape index (κ3) is 8.07. The molecule has 3 rings (SSSR count). The smallest absolute Gasteiger partial charge is 0.410 e. The van der Waals surface area contributed by atoms with E-state index in [9.17, 15) is 9.59 Å². The first-order chi connectivity index (χ1) is 16.5. The second kappa shape index (κ2) is 11.7. The fourth-order valence-electron chi connectivity index (χ4n) is 3.89. The van der Waals surface area contributed by atoms with E-state index in [-0.39, 0.29) is 24.1 Å². The Balaban J connectivity index is 1.64. The van der Waals surface area contributed by atoms with Gasteiger partial charge in [0.2, 0.25) is 0 Å². The number of hydrogen-bond donors (Lipinski definition) is 2. The number of pyridine rings is 1. The monoisotopic (exact) mass is 504 g/mol. The number of ether oxygens (including phenoxy) is 2. The van der Waals surface area contributed by atoms with E-state index in [2.05, 4.69) is 24.9 Å². The van der Waals surface area contributed by atoms with Gasteiger partial charge in [-0.15, -0.1) is 0 Å². The van der Waals surface area contributed by atoms with E-state index in [1.54, 1.807) is 25.3 Å². The number of carbonyl (C=O) groups excluding carboxylic acids is 2. The van der Waals surface area contributed by atoms with Crippen molar-refractivity contribution in [2.45, 2.75) is 51.7 Å². The fraction of sp³-hybridized carbons (Fsp3) is 0.583. The Kier molecular flexibility index (Phi) is 8.90. The molecule has 2 aromatic heterocycles. The highest BCUT2D eigenvalue weighted by molar-refractivity contribution is 7.10. The lowest BCUT2D eigenvalue weighted by molar-refractivity contribution is 0.0275. The van der Waals surface area contributed by atoms with Crippen molar-refractivity contribution in [2.24, 2.45) is 0 Å². The van der Waals surface area contributed by atoms with Gasteiger partial charge in [-0.3, -0.25) is 10.3 Å². The number of aromatic nitrogens is 2. The van der Waals surface area contributed by atoms with Gasteiger partial charge in [0.05, 0.1) is 19.0 Å². The Morgan fingerprint density at radius 2 is 2.09 bits per heavy atom. The van der Waals surface area contributed by atoms with E-state index in [1.807, 2.05) is 45.9 Å². The van der Waals surface area contributed by atoms with Gasteiger partial charge in [0.25, 0.3) is 0 Å². The van der Waals surface area contributed by atoms with Crippen molar-refractivity contribution >= 4 is 28.7 Å². The molecule has 35 heavy (non-hydrogen) atoms. The predicted molar refractivity (Wildman–Crippen MR) is 136 cm³/mol. The van der Waals surface area contributed by atoms with Crippen molar-refractivity contribution in [1.29, 1.82) is 0 Å². The van der Waals surface area contributed by atoms with Crippen LogP contribution in [0.4, 0.5) is 14.6 Å². The molecule has 0 radical (unpaired) electrons. The molecule has 0 aliphatic carbocycles. The summed E-state index contributed by atoms with van der Waals surface area (Å²) in [6, 6.07) is 5.32. The summed E-state index contributed by atoms with van der Waals surface area (Å²) >= 11 is 1.26. The molecule has 0 spiro atoms. The summed E-state index contributed by atoms with van der Waals surface area (Å²) in [6.45, 7) is 10.2. The SMILES string of the molecule is COc1ccc([C@@H]2CN(CCN(C)C(=O)OC(C)(C)C)CC[C@H]2NC(=O)Nc2cc(C)ns2)nc1. The van der Waals surface area contributed by atoms with Gasteiger partial charge < -0.3 is 24.6 Å². The van der Waals surface area contributed by atoms with Crippen molar-refractivity contribution in [3.05, 3.63) is 35.8 Å². The highest BCUT2D eigenvalue weighted by Gasteiger charge is 2.33. The zero-order valence-electron chi connectivity index (χ0n) is 21.3. The first-order valence-electron chi connectivity index (χ1n) is 11.7. The van der Waals surface area contributed by atoms with E-state index in [1.165, 1.54) is 11.5 Å². The van der Waals surface area contributed by atoms with Gasteiger partial charge >= 0.3 is 12.1 Å². The molecule has 2 N–H and O–H groups in total. The normalized spacial score (nSPS) is 18.6. The van der Waals surface area contributed by atoms with Gasteiger partial charge in [-0.1, -0.05) is 0 Å². The molecule has 3 heterocycles. The number of hydrogen-bond acceptors (Lipinski definition) is 8. The number of nitrogens with zero attached hydrogens (tertiary/aromatic N) is 4. The fourth-order valence-corrected chi connectivity index (χ4v) is 4.54. The first kappa shape index (κ1) is 26.7. The van der Waals surface area contributed by atoms with Crippen LogP contribution >= 0.6 is 11.5 Å². The zero-order chi connectivity index (χ0) is 25.6. The molecule has 0 saturated carbocycles. The van der Waals surface area contributed by atoms with Crippen molar-refractivity contribution in [2.75, 3.05) is 45.7 Å². The highest BCUT2D eigenvalue weighted by Crippen LogP contribution is 2.27. The minimum Gasteiger partial charge on any atom is -0.495 e. The molecule has 1 saturated heterocycles. The summed E-state index contributed by atoms with van der Waals surface area (Å²) in [5.74, 6) is 0.665. The quantitative estimate of drug-likeness (QED) is 0.592. The van der Waals surface area contributed by atoms with Crippen molar-refractivity contribution in [3.8, 4) is 5.75 Å². The van der Waals surface area contributed by atoms with Gasteiger partial charge in [0, 0.05) is 50.9 Å². The Morgan fingerprint density at radius 3 is 2.69 bits per heavy atom. The minimum absolute atomic E-state index is 0.0181. The van der Waals surface area contributed by atoms with Crippen molar-refractivity contribution in [3.63, 3.8) is 0 Å². The van der Waals surface area contributed by atoms with Crippen LogP contribution < -0.4 is 15.4 Å². The lowest BCUT2D eigenvalue weighted by atomic mass is 9.88. The Labute approximate surface area is 211 Å². The molecule has 0 unspecified atom stereocenters. The van der Waals surface area contributed by atoms with Crippen LogP contribution in [0.5, 0.6) is 5.75 Å². The molecule has 0 aromatic carbocycles. The molecule has 11 heteroatoms. The van der Waals surface area contributed by atoms with E-state index < -0.39 is 5.60 Å². The lowest BCUT2D eigenvalue weighted by Crippen LogP contribution is -2.52. The van der Waals surface area contributed by atoms with Crippen LogP contribution in [0.3, 0.4) is 0 Å². The Hall–Kier alpha value is -2.92. The van der Waals surface area contributed by atoms with Gasteiger partial charge in [0.15, 0.2) is 0 Å². The molecule has 192 valence electrons. The van der Waals surface area contributed by atoms with E-state index in [0.717, 1.165) is 24.4 Å². The standard InChI is InChI=1S/C24H36N6O4S/c1-16-13-21(35-28-16)27-22(31)26-20-9-10-30(12-11-29(5)23(32)34-24(2,3)4)15-18(20)19-8-7-17(33-6)14-25-19/h7-8,13-14,18,20H,9-12,15H2,1-6H3,(H2,26,27,31)/t18-,20+/m0/s1. The maximum atomic E-state index is 12.7. The van der Waals surface area contributed by atoms with E-state index in [4.69, 9.17) is 9.47 Å². The van der Waals surface area contributed by atoms with Crippen LogP contribution in [-0.2, 0) is 4.74 Å². The van der Waals surface area contributed by atoms with Crippen molar-refractivity contribution in [1.82, 2.24) is 24.5 Å². The van der Waals surface area contributed by atoms with Crippen LogP contribution in [0, 0.1) is 6.92 Å². The second-order valence-corrected chi connectivity index (χ2v) is 10.6. The number of aryl methyl sites for hydroxylation is 1. The molecule has 2 atom stereocenters. The molecule has 0 bridgehead atoms. The average Bonchev–Trinajstić information content (AvgIpc) is 3.21. The number of carbonyl (C=O) groups is 2.